The van der Waals surface area contributed by atoms with E-state index >= 15 is 4.39 Å². The molecular formula is C38H44FN3O5. The molecule has 1 atom stereocenters. The van der Waals surface area contributed by atoms with Gasteiger partial charge in [0.2, 0.25) is 0 Å². The van der Waals surface area contributed by atoms with Gasteiger partial charge in [-0.25, -0.2) is 9.18 Å². The highest BCUT2D eigenvalue weighted by Crippen LogP contribution is 2.32. The molecule has 4 rings (SSSR count). The highest BCUT2D eigenvalue weighted by Gasteiger charge is 2.22. The SMILES string of the molecule is C[C@@H](NC(=O)OC(C)(C)C)c1cccc(-c2cc(COc3ccccc3CC(=O)OC(C)(C)C)cc(NCc3ccccn3)c2)c1F. The lowest BCUT2D eigenvalue weighted by atomic mass is 9.97. The molecule has 2 N–H and O–H groups in total. The molecule has 0 bridgehead atoms. The van der Waals surface area contributed by atoms with Gasteiger partial charge in [0.25, 0.3) is 0 Å². The van der Waals surface area contributed by atoms with Crippen molar-refractivity contribution < 1.29 is 28.2 Å². The van der Waals surface area contributed by atoms with Crippen LogP contribution in [0.1, 0.15) is 76.9 Å². The van der Waals surface area contributed by atoms with Crippen LogP contribution in [0.3, 0.4) is 0 Å². The largest absolute Gasteiger partial charge is 0.489 e. The molecule has 0 aliphatic rings. The first kappa shape index (κ1) is 34.9. The zero-order valence-electron chi connectivity index (χ0n) is 28.1. The highest BCUT2D eigenvalue weighted by molar-refractivity contribution is 5.74. The van der Waals surface area contributed by atoms with E-state index in [1.54, 1.807) is 52.1 Å². The topological polar surface area (TPSA) is 98.8 Å². The molecule has 0 spiro atoms. The minimum absolute atomic E-state index is 0.0673. The third-order valence-corrected chi connectivity index (χ3v) is 6.85. The van der Waals surface area contributed by atoms with Gasteiger partial charge in [-0.3, -0.25) is 9.78 Å². The number of hydrogen-bond acceptors (Lipinski definition) is 7. The number of carbonyl (C=O) groups excluding carboxylic acids is 2. The van der Waals surface area contributed by atoms with Crippen molar-refractivity contribution in [1.82, 2.24) is 10.3 Å². The maximum Gasteiger partial charge on any atom is 0.408 e. The number of pyridine rings is 1. The van der Waals surface area contributed by atoms with Gasteiger partial charge in [0.15, 0.2) is 0 Å². The Morgan fingerprint density at radius 2 is 1.60 bits per heavy atom. The van der Waals surface area contributed by atoms with Crippen LogP contribution in [0.4, 0.5) is 14.9 Å². The number of para-hydroxylation sites is 1. The molecule has 0 saturated carbocycles. The number of esters is 1. The van der Waals surface area contributed by atoms with Gasteiger partial charge < -0.3 is 24.8 Å². The van der Waals surface area contributed by atoms with Gasteiger partial charge in [-0.05, 0) is 96.0 Å². The molecule has 0 aliphatic heterocycles. The molecule has 0 radical (unpaired) electrons. The second kappa shape index (κ2) is 15.1. The average Bonchev–Trinajstić information content (AvgIpc) is 2.98. The van der Waals surface area contributed by atoms with Crippen molar-refractivity contribution in [2.24, 2.45) is 0 Å². The first-order chi connectivity index (χ1) is 22.2. The summed E-state index contributed by atoms with van der Waals surface area (Å²) in [4.78, 5) is 29.4. The number of benzene rings is 3. The lowest BCUT2D eigenvalue weighted by Gasteiger charge is -2.22. The molecule has 4 aromatic rings. The predicted molar refractivity (Wildman–Crippen MR) is 182 cm³/mol. The minimum atomic E-state index is -0.679. The molecular weight excluding hydrogens is 597 g/mol. The number of halogens is 1. The summed E-state index contributed by atoms with van der Waals surface area (Å²) in [7, 11) is 0. The molecule has 3 aromatic carbocycles. The molecule has 0 saturated heterocycles. The first-order valence-corrected chi connectivity index (χ1v) is 15.7. The highest BCUT2D eigenvalue weighted by atomic mass is 19.1. The zero-order valence-corrected chi connectivity index (χ0v) is 28.1. The van der Waals surface area contributed by atoms with E-state index in [9.17, 15) is 9.59 Å². The Bertz CT molecular complexity index is 1680. The van der Waals surface area contributed by atoms with Crippen molar-refractivity contribution in [3.8, 4) is 16.9 Å². The molecule has 1 aromatic heterocycles. The Kier molecular flexibility index (Phi) is 11.2. The number of ether oxygens (including phenoxy) is 3. The fraction of sp³-hybridized carbons (Fsp3) is 0.342. The Labute approximate surface area is 276 Å². The van der Waals surface area contributed by atoms with Crippen LogP contribution in [0.15, 0.2) is 85.1 Å². The van der Waals surface area contributed by atoms with Crippen LogP contribution in [0.25, 0.3) is 11.1 Å². The molecule has 47 heavy (non-hydrogen) atoms. The Balaban J connectivity index is 1.62. The van der Waals surface area contributed by atoms with Crippen molar-refractivity contribution in [2.45, 2.75) is 85.3 Å². The van der Waals surface area contributed by atoms with Crippen LogP contribution in [0.2, 0.25) is 0 Å². The number of nitrogens with zero attached hydrogens (tertiary/aromatic N) is 1. The van der Waals surface area contributed by atoms with Gasteiger partial charge in [0, 0.05) is 28.6 Å². The number of alkyl carbamates (subject to hydrolysis) is 1. The van der Waals surface area contributed by atoms with Crippen molar-refractivity contribution >= 4 is 17.7 Å². The summed E-state index contributed by atoms with van der Waals surface area (Å²) in [5, 5.41) is 6.13. The summed E-state index contributed by atoms with van der Waals surface area (Å²) in [5.41, 5.74) is 3.13. The van der Waals surface area contributed by atoms with Crippen LogP contribution in [-0.4, -0.2) is 28.2 Å². The Hall–Kier alpha value is -4.92. The van der Waals surface area contributed by atoms with Crippen LogP contribution in [-0.2, 0) is 33.8 Å². The van der Waals surface area contributed by atoms with Crippen LogP contribution in [0, 0.1) is 5.82 Å². The fourth-order valence-electron chi connectivity index (χ4n) is 4.88. The molecule has 0 aliphatic carbocycles. The summed E-state index contributed by atoms with van der Waals surface area (Å²) in [6, 6.07) is 23.2. The molecule has 0 fully saturated rings. The maximum atomic E-state index is 16.2. The van der Waals surface area contributed by atoms with E-state index in [0.717, 1.165) is 16.9 Å². The van der Waals surface area contributed by atoms with E-state index in [1.165, 1.54) is 0 Å². The summed E-state index contributed by atoms with van der Waals surface area (Å²) < 4.78 is 33.3. The predicted octanol–water partition coefficient (Wildman–Crippen LogP) is 8.55. The number of aromatic nitrogens is 1. The fourth-order valence-corrected chi connectivity index (χ4v) is 4.88. The smallest absolute Gasteiger partial charge is 0.408 e. The number of anilines is 1. The summed E-state index contributed by atoms with van der Waals surface area (Å²) >= 11 is 0. The molecule has 9 heteroatoms. The summed E-state index contributed by atoms with van der Waals surface area (Å²) in [6.07, 6.45) is 1.18. The number of amides is 1. The minimum Gasteiger partial charge on any atom is -0.489 e. The van der Waals surface area contributed by atoms with Gasteiger partial charge in [-0.1, -0.05) is 42.5 Å². The first-order valence-electron chi connectivity index (χ1n) is 15.7. The lowest BCUT2D eigenvalue weighted by molar-refractivity contribution is -0.153. The van der Waals surface area contributed by atoms with Gasteiger partial charge in [-0.15, -0.1) is 0 Å². The molecule has 1 heterocycles. The summed E-state index contributed by atoms with van der Waals surface area (Å²) in [5.74, 6) is -0.239. The van der Waals surface area contributed by atoms with Crippen LogP contribution >= 0.6 is 0 Å². The third kappa shape index (κ3) is 10.8. The van der Waals surface area contributed by atoms with Gasteiger partial charge in [-0.2, -0.15) is 0 Å². The molecule has 0 unspecified atom stereocenters. The van der Waals surface area contributed by atoms with E-state index in [2.05, 4.69) is 15.6 Å². The summed E-state index contributed by atoms with van der Waals surface area (Å²) in [6.45, 7) is 13.1. The van der Waals surface area contributed by atoms with Gasteiger partial charge >= 0.3 is 12.1 Å². The van der Waals surface area contributed by atoms with Gasteiger partial charge in [0.05, 0.1) is 24.7 Å². The molecule has 248 valence electrons. The quantitative estimate of drug-likeness (QED) is 0.158. The normalized spacial score (nSPS) is 12.2. The van der Waals surface area contributed by atoms with Crippen molar-refractivity contribution in [3.63, 3.8) is 0 Å². The van der Waals surface area contributed by atoms with Crippen molar-refractivity contribution in [3.05, 3.63) is 113 Å². The lowest BCUT2D eigenvalue weighted by Crippen LogP contribution is -2.34. The monoisotopic (exact) mass is 641 g/mol. The molecule has 8 nitrogen and oxygen atoms in total. The number of hydrogen-bond donors (Lipinski definition) is 2. The van der Waals surface area contributed by atoms with Crippen LogP contribution in [0.5, 0.6) is 5.75 Å². The molecule has 1 amide bonds. The van der Waals surface area contributed by atoms with E-state index in [1.807, 2.05) is 81.4 Å². The number of nitrogens with one attached hydrogen (secondary N) is 2. The van der Waals surface area contributed by atoms with Crippen molar-refractivity contribution in [2.75, 3.05) is 5.32 Å². The van der Waals surface area contributed by atoms with E-state index < -0.39 is 29.2 Å². The van der Waals surface area contributed by atoms with Crippen molar-refractivity contribution in [1.29, 1.82) is 0 Å². The van der Waals surface area contributed by atoms with Crippen LogP contribution < -0.4 is 15.4 Å². The standard InChI is InChI=1S/C38H44FN3O5/c1-25(42-36(44)47-38(5,6)7)31-15-12-16-32(35(31)39)28-19-26(20-30(21-28)41-23-29-14-10-11-18-40-29)24-45-33-17-9-8-13-27(33)22-34(43)46-37(2,3)4/h8-21,25,41H,22-24H2,1-7H3,(H,42,44)/t25-/m1/s1. The maximum absolute atomic E-state index is 16.2. The zero-order chi connectivity index (χ0) is 34.2. The van der Waals surface area contributed by atoms with E-state index in [0.29, 0.717) is 34.5 Å². The van der Waals surface area contributed by atoms with E-state index in [-0.39, 0.29) is 19.0 Å². The second-order valence-electron chi connectivity index (χ2n) is 13.3. The Morgan fingerprint density at radius 3 is 2.30 bits per heavy atom. The number of rotatable bonds is 11. The third-order valence-electron chi connectivity index (χ3n) is 6.85. The average molecular weight is 642 g/mol. The second-order valence-corrected chi connectivity index (χ2v) is 13.3. The van der Waals surface area contributed by atoms with E-state index in [4.69, 9.17) is 14.2 Å². The Morgan fingerprint density at radius 1 is 0.872 bits per heavy atom. The van der Waals surface area contributed by atoms with Gasteiger partial charge in [0.1, 0.15) is 29.4 Å². The number of carbonyl (C=O) groups is 2.